The number of hydrogen-bond acceptors (Lipinski definition) is 2. The third kappa shape index (κ3) is 4.88. The summed E-state index contributed by atoms with van der Waals surface area (Å²) in [6.45, 7) is -7.50. The van der Waals surface area contributed by atoms with Crippen molar-refractivity contribution in [3.8, 4) is 33.4 Å². The molecule has 9 aromatic carbocycles. The lowest BCUT2D eigenvalue weighted by Gasteiger charge is -2.28. The van der Waals surface area contributed by atoms with Crippen molar-refractivity contribution in [2.24, 2.45) is 0 Å². The molecule has 0 amide bonds. The lowest BCUT2D eigenvalue weighted by atomic mass is 9.82. The van der Waals surface area contributed by atoms with E-state index in [4.69, 9.17) is 23.6 Å². The summed E-state index contributed by atoms with van der Waals surface area (Å²) >= 11 is 0. The Morgan fingerprint density at radius 3 is 2.11 bits per heavy atom. The SMILES string of the molecule is [2H]c1c([2H])c([2H])c2c(c1[2H])-c1c([2H])c([2H])c(N(c3ccc(-c4ccc5ccccc5c4-c4cccc5c4oc4ccccc45)cc3)c3c([2H])c([2H])c4c([2H])c([2H])c([2H])c([2H])c4c3[2H])c([2H])c1C2(C([2H])([2H])[2H])C([2H])([2H])[2H]. The van der Waals surface area contributed by atoms with Crippen LogP contribution in [0.4, 0.5) is 17.1 Å². The average molecular weight is 724 g/mol. The van der Waals surface area contributed by atoms with Gasteiger partial charge in [-0.15, -0.1) is 0 Å². The maximum absolute atomic E-state index is 10.1. The maximum Gasteiger partial charge on any atom is 0.143 e. The number of rotatable bonds is 5. The molecule has 0 unspecified atom stereocenters. The molecular formula is C53H37NO. The van der Waals surface area contributed by atoms with Crippen molar-refractivity contribution in [1.29, 1.82) is 0 Å². The summed E-state index contributed by atoms with van der Waals surface area (Å²) in [4.78, 5) is 0.925. The molecule has 1 aromatic heterocycles. The predicted molar refractivity (Wildman–Crippen MR) is 232 cm³/mol. The van der Waals surface area contributed by atoms with Crippen molar-refractivity contribution >= 4 is 60.5 Å². The first-order valence-electron chi connectivity index (χ1n) is 27.5. The van der Waals surface area contributed by atoms with Gasteiger partial charge in [-0.05, 0) is 97.3 Å². The summed E-state index contributed by atoms with van der Waals surface area (Å²) in [5.41, 5.74) is -4.19. The molecule has 0 aliphatic heterocycles. The fourth-order valence-corrected chi connectivity index (χ4v) is 7.67. The second-order valence-electron chi connectivity index (χ2n) is 13.3. The first-order valence-corrected chi connectivity index (χ1v) is 17.5. The van der Waals surface area contributed by atoms with Gasteiger partial charge in [-0.25, -0.2) is 0 Å². The normalized spacial score (nSPS) is 18.7. The lowest BCUT2D eigenvalue weighted by molar-refractivity contribution is 0.660. The van der Waals surface area contributed by atoms with Gasteiger partial charge in [0, 0.05) is 52.6 Å². The van der Waals surface area contributed by atoms with E-state index in [2.05, 4.69) is 0 Å². The highest BCUT2D eigenvalue weighted by atomic mass is 16.3. The van der Waals surface area contributed by atoms with Crippen LogP contribution in [0.3, 0.4) is 0 Å². The van der Waals surface area contributed by atoms with Crippen LogP contribution < -0.4 is 4.90 Å². The first kappa shape index (κ1) is 17.5. The van der Waals surface area contributed by atoms with Crippen LogP contribution in [0.15, 0.2) is 192 Å². The Bertz CT molecular complexity index is 4150. The molecular weight excluding hydrogens is 667 g/mol. The van der Waals surface area contributed by atoms with E-state index in [1.807, 2.05) is 78.9 Å². The van der Waals surface area contributed by atoms with Crippen molar-refractivity contribution in [2.75, 3.05) is 4.90 Å². The first-order chi connectivity index (χ1) is 35.4. The van der Waals surface area contributed by atoms with Crippen molar-refractivity contribution in [3.05, 3.63) is 199 Å². The Balaban J connectivity index is 1.24. The number of furan rings is 1. The summed E-state index contributed by atoms with van der Waals surface area (Å²) in [5.74, 6) is 0. The largest absolute Gasteiger partial charge is 0.455 e. The van der Waals surface area contributed by atoms with E-state index >= 15 is 0 Å². The van der Waals surface area contributed by atoms with Gasteiger partial charge in [0.2, 0.25) is 0 Å². The van der Waals surface area contributed by atoms with Crippen LogP contribution in [0, 0.1) is 0 Å². The molecule has 2 nitrogen and oxygen atoms in total. The number of hydrogen-bond donors (Lipinski definition) is 0. The van der Waals surface area contributed by atoms with Gasteiger partial charge in [0.05, 0.1) is 19.2 Å². The van der Waals surface area contributed by atoms with Gasteiger partial charge in [0.15, 0.2) is 0 Å². The molecule has 0 radical (unpaired) electrons. The molecule has 0 saturated heterocycles. The van der Waals surface area contributed by atoms with E-state index in [-0.39, 0.29) is 5.69 Å². The molecule has 11 rings (SSSR count). The second-order valence-corrected chi connectivity index (χ2v) is 13.3. The Hall–Kier alpha value is -6.90. The molecule has 0 atom stereocenters. The maximum atomic E-state index is 10.1. The van der Waals surface area contributed by atoms with Crippen LogP contribution in [-0.4, -0.2) is 0 Å². The van der Waals surface area contributed by atoms with E-state index in [0.717, 1.165) is 37.6 Å². The van der Waals surface area contributed by atoms with Crippen LogP contribution in [0.5, 0.6) is 0 Å². The Morgan fingerprint density at radius 1 is 0.491 bits per heavy atom. The van der Waals surface area contributed by atoms with E-state index in [1.165, 1.54) is 12.1 Å². The van der Waals surface area contributed by atoms with Gasteiger partial charge < -0.3 is 9.32 Å². The minimum Gasteiger partial charge on any atom is -0.455 e. The third-order valence-electron chi connectivity index (χ3n) is 10.2. The van der Waals surface area contributed by atoms with Crippen LogP contribution in [0.2, 0.25) is 0 Å². The number of nitrogens with zero attached hydrogens (tertiary/aromatic N) is 1. The van der Waals surface area contributed by atoms with Gasteiger partial charge >= 0.3 is 0 Å². The zero-order chi connectivity index (χ0) is 53.9. The average Bonchev–Trinajstić information content (AvgIpc) is 3.99. The molecule has 1 heterocycles. The standard InChI is InChI=1S/C53H37NO/c1-53(2)48-20-9-7-16-43(48)44-31-29-40(33-49(44)53)54(39-28-22-34-12-3-4-14-37(34)32-39)38-26-23-36(24-27-38)42-30-25-35-13-5-6-15-41(35)51(42)47-19-11-18-46-45-17-8-10-21-50(45)55-52(46)47/h3-33H,1-2H3/i1D3,2D3,3D,4D,7D,9D,12D,14D,16D,20D,22D,28D,29D,31D,32D,33D. The zero-order valence-electron chi connectivity index (χ0n) is 48.7. The molecule has 0 saturated carbocycles. The molecule has 0 bridgehead atoms. The summed E-state index contributed by atoms with van der Waals surface area (Å²) in [6, 6.07) is 19.1. The number of benzene rings is 9. The lowest BCUT2D eigenvalue weighted by Crippen LogP contribution is -2.16. The van der Waals surface area contributed by atoms with E-state index in [9.17, 15) is 8.22 Å². The summed E-state index contributed by atoms with van der Waals surface area (Å²) in [7, 11) is 0. The molecule has 10 aromatic rings. The topological polar surface area (TPSA) is 16.4 Å². The minimum absolute atomic E-state index is 0.100. The van der Waals surface area contributed by atoms with E-state index < -0.39 is 148 Å². The quantitative estimate of drug-likeness (QED) is 0.176. The highest BCUT2D eigenvalue weighted by molar-refractivity contribution is 6.14. The van der Waals surface area contributed by atoms with E-state index in [0.29, 0.717) is 22.3 Å². The fourth-order valence-electron chi connectivity index (χ4n) is 7.67. The Labute approximate surface area is 348 Å². The van der Waals surface area contributed by atoms with Crippen LogP contribution in [0.25, 0.3) is 76.9 Å². The van der Waals surface area contributed by atoms with Crippen molar-refractivity contribution in [1.82, 2.24) is 0 Å². The smallest absolute Gasteiger partial charge is 0.143 e. The van der Waals surface area contributed by atoms with Crippen molar-refractivity contribution in [2.45, 2.75) is 19.1 Å². The molecule has 1 aliphatic carbocycles. The van der Waals surface area contributed by atoms with Gasteiger partial charge in [-0.1, -0.05) is 159 Å². The molecule has 55 heavy (non-hydrogen) atoms. The Morgan fingerprint density at radius 2 is 1.22 bits per heavy atom. The van der Waals surface area contributed by atoms with Crippen molar-refractivity contribution < 1.29 is 31.8 Å². The highest BCUT2D eigenvalue weighted by Crippen LogP contribution is 2.51. The van der Waals surface area contributed by atoms with Gasteiger partial charge in [-0.2, -0.15) is 0 Å². The molecule has 1 aliphatic rings. The zero-order valence-corrected chi connectivity index (χ0v) is 28.7. The fraction of sp³-hybridized carbons (Fsp3) is 0.0566. The summed E-state index contributed by atoms with van der Waals surface area (Å²) in [6.07, 6.45) is 0. The number of para-hydroxylation sites is 2. The molecule has 0 N–H and O–H groups in total. The van der Waals surface area contributed by atoms with Gasteiger partial charge in [0.1, 0.15) is 11.2 Å². The summed E-state index contributed by atoms with van der Waals surface area (Å²) < 4.78 is 187. The molecule has 260 valence electrons. The minimum atomic E-state index is -3.75. The predicted octanol–water partition coefficient (Wildman–Crippen LogP) is 15.0. The Kier molecular flexibility index (Phi) is 3.84. The molecule has 2 heteroatoms. The van der Waals surface area contributed by atoms with Crippen LogP contribution in [0.1, 0.15) is 52.2 Å². The van der Waals surface area contributed by atoms with Gasteiger partial charge in [0.25, 0.3) is 0 Å². The second kappa shape index (κ2) is 12.1. The van der Waals surface area contributed by atoms with Crippen LogP contribution in [-0.2, 0) is 5.41 Å². The summed E-state index contributed by atoms with van der Waals surface area (Å²) in [5, 5.41) is 2.54. The third-order valence-corrected chi connectivity index (χ3v) is 10.2. The van der Waals surface area contributed by atoms with Crippen molar-refractivity contribution in [3.63, 3.8) is 0 Å². The molecule has 0 fully saturated rings. The molecule has 0 spiro atoms. The monoisotopic (exact) mass is 723 g/mol. The van der Waals surface area contributed by atoms with Crippen LogP contribution >= 0.6 is 0 Å². The van der Waals surface area contributed by atoms with Gasteiger partial charge in [-0.3, -0.25) is 0 Å². The highest BCUT2D eigenvalue weighted by Gasteiger charge is 2.35. The number of fused-ring (bicyclic) bond motifs is 8. The van der Waals surface area contributed by atoms with E-state index in [1.54, 1.807) is 12.1 Å². The number of anilines is 3.